The monoisotopic (exact) mass is 452 g/mol. The molecule has 25 heavy (non-hydrogen) atoms. The molecule has 0 atom stereocenters. The second kappa shape index (κ2) is 12.9. The van der Waals surface area contributed by atoms with E-state index in [0.29, 0.717) is 5.41 Å². The summed E-state index contributed by atoms with van der Waals surface area (Å²) in [6.45, 7) is 13.1. The molecule has 0 aliphatic heterocycles. The predicted octanol–water partition coefficient (Wildman–Crippen LogP) is 0.343. The van der Waals surface area contributed by atoms with E-state index in [-0.39, 0.29) is 24.8 Å². The molecule has 0 N–H and O–H groups in total. The van der Waals surface area contributed by atoms with Gasteiger partial charge in [-0.1, -0.05) is 33.8 Å². The zero-order valence-corrected chi connectivity index (χ0v) is 20.1. The van der Waals surface area contributed by atoms with Gasteiger partial charge in [0.2, 0.25) is 0 Å². The Labute approximate surface area is 181 Å². The van der Waals surface area contributed by atoms with E-state index >= 15 is 0 Å². The number of fused-ring (bicyclic) bond motifs is 1. The number of rotatable bonds is 0. The molecule has 1 aliphatic carbocycles. The van der Waals surface area contributed by atoms with Crippen LogP contribution in [-0.2, 0) is 24.2 Å². The molecule has 0 saturated carbocycles. The molecule has 2 aromatic rings. The molecule has 3 heteroatoms. The molecule has 0 amide bonds. The molecule has 0 radical (unpaired) electrons. The SMILES string of the molecule is CC(C)(C)C1=CC=[C-]C1.C[C](C)=[Zr+2].Cc1c[cH-]c2ccccc12.[Cl-].[Cl-]. The van der Waals surface area contributed by atoms with Crippen molar-refractivity contribution in [3.8, 4) is 0 Å². The van der Waals surface area contributed by atoms with Gasteiger partial charge in [0.1, 0.15) is 0 Å². The second-order valence-corrected chi connectivity index (χ2v) is 9.55. The Morgan fingerprint density at radius 1 is 1.12 bits per heavy atom. The van der Waals surface area contributed by atoms with Gasteiger partial charge in [0.25, 0.3) is 0 Å². The van der Waals surface area contributed by atoms with Crippen molar-refractivity contribution in [2.75, 3.05) is 0 Å². The van der Waals surface area contributed by atoms with Crippen LogP contribution in [0.15, 0.2) is 54.1 Å². The predicted molar refractivity (Wildman–Crippen MR) is 101 cm³/mol. The van der Waals surface area contributed by atoms with Crippen LogP contribution in [0.3, 0.4) is 0 Å². The van der Waals surface area contributed by atoms with Crippen LogP contribution in [0.4, 0.5) is 0 Å². The molecule has 0 fully saturated rings. The Morgan fingerprint density at radius 3 is 2.08 bits per heavy atom. The molecule has 0 nitrogen and oxygen atoms in total. The van der Waals surface area contributed by atoms with Crippen LogP contribution in [0.5, 0.6) is 0 Å². The average molecular weight is 455 g/mol. The van der Waals surface area contributed by atoms with Crippen LogP contribution in [0.25, 0.3) is 10.8 Å². The Morgan fingerprint density at radius 2 is 1.68 bits per heavy atom. The normalized spacial score (nSPS) is 11.9. The maximum Gasteiger partial charge on any atom is -0.0809 e. The fourth-order valence-corrected chi connectivity index (χ4v) is 2.21. The standard InChI is InChI=1S/C10H9.C9H13.C3H6.2ClH.Zr/c1-8-6-7-9-4-2-3-5-10(8)9;1-9(2,3)8-6-4-5-7-8;1-3-2;;;/h2-7H,1H3;4,6H,7H2,1-3H3;1-2H3;2*1H;/q2*-1;;;;+2/p-2. The number of halogens is 2. The number of aryl methyl sites for hydroxylation is 1. The largest absolute Gasteiger partial charge is 1.00 e. The summed E-state index contributed by atoms with van der Waals surface area (Å²) < 4.78 is 1.51. The molecular formula is C22H28Cl2Zr-2. The van der Waals surface area contributed by atoms with Crippen molar-refractivity contribution in [3.05, 3.63) is 65.8 Å². The molecule has 0 heterocycles. The smallest absolute Gasteiger partial charge is 0.0809 e. The first kappa shape index (κ1) is 26.9. The van der Waals surface area contributed by atoms with E-state index in [1.807, 2.05) is 6.08 Å². The number of hydrogen-bond acceptors (Lipinski definition) is 0. The molecule has 1 aliphatic rings. The zero-order valence-electron chi connectivity index (χ0n) is 16.1. The van der Waals surface area contributed by atoms with Gasteiger partial charge in [-0.25, -0.2) is 12.2 Å². The molecule has 0 unspecified atom stereocenters. The van der Waals surface area contributed by atoms with Crippen LogP contribution in [0.2, 0.25) is 0 Å². The van der Waals surface area contributed by atoms with Gasteiger partial charge in [-0.2, -0.15) is 17.2 Å². The Kier molecular flexibility index (Phi) is 13.9. The minimum Gasteiger partial charge on any atom is -1.00 e. The van der Waals surface area contributed by atoms with Gasteiger partial charge in [0.05, 0.1) is 0 Å². The zero-order chi connectivity index (χ0) is 17.5. The van der Waals surface area contributed by atoms with Gasteiger partial charge in [-0.05, 0) is 5.41 Å². The number of allylic oxidation sites excluding steroid dienone is 4. The average Bonchev–Trinajstić information content (AvgIpc) is 3.09. The van der Waals surface area contributed by atoms with Crippen LogP contribution in [0, 0.1) is 18.4 Å². The second-order valence-electron chi connectivity index (χ2n) is 7.09. The third kappa shape index (κ3) is 10.4. The maximum absolute atomic E-state index is 3.16. The number of benzene rings is 1. The van der Waals surface area contributed by atoms with E-state index in [4.69, 9.17) is 0 Å². The number of hydrogen-bond donors (Lipinski definition) is 0. The summed E-state index contributed by atoms with van der Waals surface area (Å²) in [5.41, 5.74) is 3.21. The summed E-state index contributed by atoms with van der Waals surface area (Å²) in [6, 6.07) is 12.8. The van der Waals surface area contributed by atoms with Crippen molar-refractivity contribution in [1.29, 1.82) is 0 Å². The molecule has 0 spiro atoms. The minimum absolute atomic E-state index is 0. The Hall–Kier alpha value is -0.357. The third-order valence-electron chi connectivity index (χ3n) is 3.56. The fraction of sp³-hybridized carbons (Fsp3) is 0.364. The summed E-state index contributed by atoms with van der Waals surface area (Å²) >= 11 is 1.55. The van der Waals surface area contributed by atoms with E-state index < -0.39 is 0 Å². The Balaban J connectivity index is 0. The minimum atomic E-state index is 0. The molecule has 3 rings (SSSR count). The fourth-order valence-electron chi connectivity index (χ4n) is 2.21. The summed E-state index contributed by atoms with van der Waals surface area (Å²) in [5, 5.41) is 2.72. The molecule has 136 valence electrons. The molecule has 2 aromatic carbocycles. The molecule has 0 saturated heterocycles. The first-order valence-electron chi connectivity index (χ1n) is 8.11. The van der Waals surface area contributed by atoms with Gasteiger partial charge in [0.15, 0.2) is 0 Å². The Bertz CT molecular complexity index is 696. The van der Waals surface area contributed by atoms with Gasteiger partial charge >= 0.3 is 41.3 Å². The van der Waals surface area contributed by atoms with Gasteiger partial charge in [-0.15, -0.1) is 41.5 Å². The van der Waals surface area contributed by atoms with E-state index in [2.05, 4.69) is 90.1 Å². The molecular weight excluding hydrogens is 426 g/mol. The summed E-state index contributed by atoms with van der Waals surface area (Å²) in [7, 11) is 0. The summed E-state index contributed by atoms with van der Waals surface area (Å²) in [4.78, 5) is 0. The van der Waals surface area contributed by atoms with Crippen LogP contribution < -0.4 is 24.8 Å². The van der Waals surface area contributed by atoms with Gasteiger partial charge in [-0.3, -0.25) is 6.08 Å². The van der Waals surface area contributed by atoms with Crippen molar-refractivity contribution >= 4 is 14.0 Å². The van der Waals surface area contributed by atoms with Crippen molar-refractivity contribution in [1.82, 2.24) is 0 Å². The van der Waals surface area contributed by atoms with Crippen molar-refractivity contribution in [3.63, 3.8) is 0 Å². The van der Waals surface area contributed by atoms with Crippen molar-refractivity contribution in [2.24, 2.45) is 5.41 Å². The van der Waals surface area contributed by atoms with Gasteiger partial charge in [0, 0.05) is 0 Å². The first-order valence-corrected chi connectivity index (χ1v) is 9.33. The van der Waals surface area contributed by atoms with E-state index in [1.54, 1.807) is 24.2 Å². The van der Waals surface area contributed by atoms with Crippen LogP contribution >= 0.6 is 0 Å². The quantitative estimate of drug-likeness (QED) is 0.504. The van der Waals surface area contributed by atoms with Crippen molar-refractivity contribution in [2.45, 2.75) is 48.0 Å². The van der Waals surface area contributed by atoms with Crippen molar-refractivity contribution < 1.29 is 49.0 Å². The van der Waals surface area contributed by atoms with E-state index in [9.17, 15) is 0 Å². The van der Waals surface area contributed by atoms with Gasteiger partial charge < -0.3 is 24.8 Å². The van der Waals surface area contributed by atoms with Crippen LogP contribution in [0.1, 0.15) is 46.6 Å². The van der Waals surface area contributed by atoms with E-state index in [0.717, 1.165) is 6.42 Å². The maximum atomic E-state index is 3.16. The summed E-state index contributed by atoms with van der Waals surface area (Å²) in [5.74, 6) is 0. The topological polar surface area (TPSA) is 0 Å². The molecule has 0 aromatic heterocycles. The van der Waals surface area contributed by atoms with E-state index in [1.165, 1.54) is 25.1 Å². The first-order chi connectivity index (χ1) is 10.7. The molecule has 0 bridgehead atoms. The summed E-state index contributed by atoms with van der Waals surface area (Å²) in [6.07, 6.45) is 8.37. The van der Waals surface area contributed by atoms with Crippen LogP contribution in [-0.4, -0.2) is 3.21 Å². The third-order valence-corrected chi connectivity index (χ3v) is 3.56.